The lowest BCUT2D eigenvalue weighted by Crippen LogP contribution is -2.13. The molecule has 0 aromatic carbocycles. The Hall–Kier alpha value is -0.410. The average Bonchev–Trinajstić information content (AvgIpc) is 2.01. The third-order valence-electron chi connectivity index (χ3n) is 1.98. The molecule has 1 unspecified atom stereocenters. The van der Waals surface area contributed by atoms with E-state index in [9.17, 15) is 5.11 Å². The van der Waals surface area contributed by atoms with E-state index >= 15 is 0 Å². The molecule has 1 N–H and O–H groups in total. The maximum absolute atomic E-state index is 9.72. The summed E-state index contributed by atoms with van der Waals surface area (Å²) in [6, 6.07) is 2.00. The van der Waals surface area contributed by atoms with Crippen molar-refractivity contribution in [3.8, 4) is 0 Å². The fraction of sp³-hybridized carbons (Fsp3) is 0.545. The molecule has 0 amide bonds. The van der Waals surface area contributed by atoms with Crippen molar-refractivity contribution in [2.45, 2.75) is 32.8 Å². The number of aromatic nitrogens is 1. The molecule has 0 aliphatic heterocycles. The van der Waals surface area contributed by atoms with E-state index in [1.54, 1.807) is 12.4 Å². The highest BCUT2D eigenvalue weighted by Gasteiger charge is 2.08. The fourth-order valence-electron chi connectivity index (χ4n) is 1.47. The minimum absolute atomic E-state index is 0.258. The third kappa shape index (κ3) is 4.20. The maximum Gasteiger partial charge on any atom is 0.0583 e. The van der Waals surface area contributed by atoms with Crippen molar-refractivity contribution < 1.29 is 5.11 Å². The molecule has 78 valence electrons. The Kier molecular flexibility index (Phi) is 4.55. The molecular weight excluding hydrogens is 242 g/mol. The summed E-state index contributed by atoms with van der Waals surface area (Å²) in [7, 11) is 0. The van der Waals surface area contributed by atoms with Gasteiger partial charge < -0.3 is 5.11 Å². The summed E-state index contributed by atoms with van der Waals surface area (Å²) in [6.45, 7) is 4.23. The molecule has 1 aromatic heterocycles. The van der Waals surface area contributed by atoms with Gasteiger partial charge >= 0.3 is 0 Å². The van der Waals surface area contributed by atoms with E-state index in [2.05, 4.69) is 34.8 Å². The van der Waals surface area contributed by atoms with Crippen molar-refractivity contribution in [1.29, 1.82) is 0 Å². The second-order valence-corrected chi connectivity index (χ2v) is 4.91. The topological polar surface area (TPSA) is 33.1 Å². The standard InChI is InChI=1S/C11H16BrNO/c1-8(2)3-11(14)5-9-4-10(12)7-13-6-9/h4,6-8,11,14H,3,5H2,1-2H3. The van der Waals surface area contributed by atoms with E-state index < -0.39 is 0 Å². The molecule has 3 heteroatoms. The molecule has 0 fully saturated rings. The molecular formula is C11H16BrNO. The zero-order valence-electron chi connectivity index (χ0n) is 8.57. The number of hydrogen-bond donors (Lipinski definition) is 1. The number of aliphatic hydroxyl groups excluding tert-OH is 1. The molecule has 1 heterocycles. The van der Waals surface area contributed by atoms with Crippen LogP contribution in [0.5, 0.6) is 0 Å². The van der Waals surface area contributed by atoms with E-state index in [1.807, 2.05) is 6.07 Å². The zero-order chi connectivity index (χ0) is 10.6. The van der Waals surface area contributed by atoms with Crippen LogP contribution in [0.25, 0.3) is 0 Å². The lowest BCUT2D eigenvalue weighted by molar-refractivity contribution is 0.149. The lowest BCUT2D eigenvalue weighted by Gasteiger charge is -2.12. The van der Waals surface area contributed by atoms with E-state index in [1.165, 1.54) is 0 Å². The Labute approximate surface area is 93.5 Å². The first-order valence-electron chi connectivity index (χ1n) is 4.85. The van der Waals surface area contributed by atoms with E-state index in [4.69, 9.17) is 0 Å². The average molecular weight is 258 g/mol. The van der Waals surface area contributed by atoms with Gasteiger partial charge in [0, 0.05) is 16.9 Å². The maximum atomic E-state index is 9.72. The second-order valence-electron chi connectivity index (χ2n) is 4.00. The fourth-order valence-corrected chi connectivity index (χ4v) is 1.88. The summed E-state index contributed by atoms with van der Waals surface area (Å²) in [5.74, 6) is 0.533. The Morgan fingerprint density at radius 3 is 2.71 bits per heavy atom. The minimum Gasteiger partial charge on any atom is -0.393 e. The number of aliphatic hydroxyl groups is 1. The van der Waals surface area contributed by atoms with Gasteiger partial charge in [0.1, 0.15) is 0 Å². The molecule has 1 aromatic rings. The van der Waals surface area contributed by atoms with Gasteiger partial charge in [-0.3, -0.25) is 4.98 Å². The van der Waals surface area contributed by atoms with Crippen LogP contribution in [0.4, 0.5) is 0 Å². The molecule has 0 bridgehead atoms. The van der Waals surface area contributed by atoms with E-state index in [0.717, 1.165) is 16.5 Å². The van der Waals surface area contributed by atoms with Gasteiger partial charge in [-0.1, -0.05) is 13.8 Å². The highest BCUT2D eigenvalue weighted by atomic mass is 79.9. The Morgan fingerprint density at radius 2 is 2.14 bits per heavy atom. The summed E-state index contributed by atoms with van der Waals surface area (Å²) in [6.07, 6.45) is 4.81. The molecule has 1 atom stereocenters. The van der Waals surface area contributed by atoms with Gasteiger partial charge in [0.2, 0.25) is 0 Å². The SMILES string of the molecule is CC(C)CC(O)Cc1cncc(Br)c1. The first kappa shape index (κ1) is 11.7. The van der Waals surface area contributed by atoms with Crippen LogP contribution in [0.3, 0.4) is 0 Å². The van der Waals surface area contributed by atoms with Crippen molar-refractivity contribution in [2.24, 2.45) is 5.92 Å². The molecule has 0 saturated heterocycles. The molecule has 0 spiro atoms. The van der Waals surface area contributed by atoms with Crippen LogP contribution in [0.1, 0.15) is 25.8 Å². The van der Waals surface area contributed by atoms with Crippen molar-refractivity contribution in [3.05, 3.63) is 28.5 Å². The van der Waals surface area contributed by atoms with Crippen LogP contribution in [0, 0.1) is 5.92 Å². The first-order chi connectivity index (χ1) is 6.58. The molecule has 0 saturated carbocycles. The van der Waals surface area contributed by atoms with Crippen molar-refractivity contribution in [2.75, 3.05) is 0 Å². The quantitative estimate of drug-likeness (QED) is 0.900. The monoisotopic (exact) mass is 257 g/mol. The van der Waals surface area contributed by atoms with Crippen LogP contribution >= 0.6 is 15.9 Å². The highest BCUT2D eigenvalue weighted by molar-refractivity contribution is 9.10. The molecule has 0 aliphatic rings. The van der Waals surface area contributed by atoms with Gasteiger partial charge in [-0.25, -0.2) is 0 Å². The molecule has 0 radical (unpaired) electrons. The van der Waals surface area contributed by atoms with Crippen LogP contribution < -0.4 is 0 Å². The Morgan fingerprint density at radius 1 is 1.43 bits per heavy atom. The molecule has 14 heavy (non-hydrogen) atoms. The summed E-state index contributed by atoms with van der Waals surface area (Å²) in [4.78, 5) is 4.06. The van der Waals surface area contributed by atoms with Gasteiger partial charge in [-0.15, -0.1) is 0 Å². The lowest BCUT2D eigenvalue weighted by atomic mass is 10.0. The summed E-state index contributed by atoms with van der Waals surface area (Å²) < 4.78 is 0.965. The number of hydrogen-bond acceptors (Lipinski definition) is 2. The van der Waals surface area contributed by atoms with Gasteiger partial charge in [0.25, 0.3) is 0 Å². The number of halogens is 1. The minimum atomic E-state index is -0.258. The van der Waals surface area contributed by atoms with E-state index in [0.29, 0.717) is 12.3 Å². The normalized spacial score (nSPS) is 13.2. The van der Waals surface area contributed by atoms with Gasteiger partial charge in [0.15, 0.2) is 0 Å². The van der Waals surface area contributed by atoms with Crippen molar-refractivity contribution >= 4 is 15.9 Å². The van der Waals surface area contributed by atoms with Crippen LogP contribution in [-0.4, -0.2) is 16.2 Å². The largest absolute Gasteiger partial charge is 0.393 e. The molecule has 0 aliphatic carbocycles. The predicted molar refractivity (Wildman–Crippen MR) is 61.1 cm³/mol. The zero-order valence-corrected chi connectivity index (χ0v) is 10.2. The van der Waals surface area contributed by atoms with Gasteiger partial charge in [-0.05, 0) is 46.3 Å². The number of nitrogens with zero attached hydrogens (tertiary/aromatic N) is 1. The predicted octanol–water partition coefficient (Wildman–Crippen LogP) is 2.79. The van der Waals surface area contributed by atoms with Crippen molar-refractivity contribution in [3.63, 3.8) is 0 Å². The molecule has 2 nitrogen and oxygen atoms in total. The Bertz CT molecular complexity index is 288. The van der Waals surface area contributed by atoms with Crippen molar-refractivity contribution in [1.82, 2.24) is 4.98 Å². The third-order valence-corrected chi connectivity index (χ3v) is 2.41. The van der Waals surface area contributed by atoms with Gasteiger partial charge in [0.05, 0.1) is 6.10 Å². The van der Waals surface area contributed by atoms with Crippen LogP contribution in [0.2, 0.25) is 0 Å². The summed E-state index contributed by atoms with van der Waals surface area (Å²) >= 11 is 3.36. The second kappa shape index (κ2) is 5.47. The number of pyridine rings is 1. The Balaban J connectivity index is 2.51. The highest BCUT2D eigenvalue weighted by Crippen LogP contribution is 2.14. The van der Waals surface area contributed by atoms with Crippen LogP contribution in [-0.2, 0) is 6.42 Å². The molecule has 1 rings (SSSR count). The first-order valence-corrected chi connectivity index (χ1v) is 5.64. The smallest absolute Gasteiger partial charge is 0.0583 e. The summed E-state index contributed by atoms with van der Waals surface area (Å²) in [5.41, 5.74) is 1.08. The van der Waals surface area contributed by atoms with Crippen LogP contribution in [0.15, 0.2) is 22.9 Å². The van der Waals surface area contributed by atoms with Gasteiger partial charge in [-0.2, -0.15) is 0 Å². The summed E-state index contributed by atoms with van der Waals surface area (Å²) in [5, 5.41) is 9.72. The number of rotatable bonds is 4. The van der Waals surface area contributed by atoms with E-state index in [-0.39, 0.29) is 6.10 Å².